The molecule has 0 radical (unpaired) electrons. The van der Waals surface area contributed by atoms with E-state index in [1.807, 2.05) is 0 Å². The van der Waals surface area contributed by atoms with Crippen LogP contribution in [0.1, 0.15) is 0 Å². The van der Waals surface area contributed by atoms with Crippen LogP contribution in [0, 0.1) is 0 Å². The van der Waals surface area contributed by atoms with Crippen LogP contribution in [0.5, 0.6) is 0 Å². The first-order chi connectivity index (χ1) is 4.29. The van der Waals surface area contributed by atoms with Crippen LogP contribution in [0.3, 0.4) is 0 Å². The lowest BCUT2D eigenvalue weighted by Crippen LogP contribution is -2.56. The van der Waals surface area contributed by atoms with Gasteiger partial charge in [0, 0.05) is 19.1 Å². The van der Waals surface area contributed by atoms with Crippen LogP contribution >= 0.6 is 0 Å². The second-order valence-corrected chi connectivity index (χ2v) is 2.15. The summed E-state index contributed by atoms with van der Waals surface area (Å²) in [7, 11) is 0. The van der Waals surface area contributed by atoms with E-state index in [2.05, 4.69) is 10.6 Å². The zero-order chi connectivity index (χ0) is 6.69. The monoisotopic (exact) mass is 136 g/mol. The van der Waals surface area contributed by atoms with Gasteiger partial charge in [0.2, 0.25) is 0 Å². The highest BCUT2D eigenvalue weighted by molar-refractivity contribution is 4.81. The summed E-state index contributed by atoms with van der Waals surface area (Å²) < 4.78 is 22.9. The largest absolute Gasteiger partial charge is 0.314 e. The fraction of sp³-hybridized carbons (Fsp3) is 1.00. The zero-order valence-electron chi connectivity index (χ0n) is 5.03. The average molecular weight is 136 g/mol. The topological polar surface area (TPSA) is 24.1 Å². The summed E-state index contributed by atoms with van der Waals surface area (Å²) in [5, 5.41) is 5.68. The number of hydrogen-bond donors (Lipinski definition) is 2. The molecule has 1 fully saturated rings. The molecule has 0 aromatic carbocycles. The molecule has 1 heterocycles. The average Bonchev–Trinajstić information content (AvgIpc) is 1.60. The standard InChI is InChI=1S/C5H10F2N2/c6-5(7)3-9-4-1-8-2-4/h4-5,8-9H,1-3H2. The third-order valence-corrected chi connectivity index (χ3v) is 1.34. The SMILES string of the molecule is FC(F)CNC1CNC1. The lowest BCUT2D eigenvalue weighted by atomic mass is 10.2. The van der Waals surface area contributed by atoms with Gasteiger partial charge in [-0.2, -0.15) is 0 Å². The Balaban J connectivity index is 1.91. The summed E-state index contributed by atoms with van der Waals surface area (Å²) in [6.45, 7) is 1.48. The number of hydrogen-bond acceptors (Lipinski definition) is 2. The maximum absolute atomic E-state index is 11.5. The smallest absolute Gasteiger partial charge is 0.250 e. The van der Waals surface area contributed by atoms with E-state index in [-0.39, 0.29) is 12.6 Å². The van der Waals surface area contributed by atoms with E-state index < -0.39 is 6.43 Å². The molecule has 0 saturated carbocycles. The first-order valence-corrected chi connectivity index (χ1v) is 3.01. The van der Waals surface area contributed by atoms with Gasteiger partial charge in [0.05, 0.1) is 6.54 Å². The molecule has 0 aliphatic carbocycles. The van der Waals surface area contributed by atoms with Crippen molar-refractivity contribution in [2.45, 2.75) is 12.5 Å². The van der Waals surface area contributed by atoms with Gasteiger partial charge in [-0.05, 0) is 0 Å². The Hall–Kier alpha value is -0.220. The Morgan fingerprint density at radius 3 is 2.56 bits per heavy atom. The Morgan fingerprint density at radius 1 is 1.56 bits per heavy atom. The summed E-state index contributed by atoms with van der Waals surface area (Å²) in [5.74, 6) is 0. The normalized spacial score (nSPS) is 20.3. The second-order valence-electron chi connectivity index (χ2n) is 2.15. The predicted molar refractivity (Wildman–Crippen MR) is 30.7 cm³/mol. The van der Waals surface area contributed by atoms with Crippen LogP contribution in [0.4, 0.5) is 8.78 Å². The molecule has 0 amide bonds. The molecule has 0 unspecified atom stereocenters. The summed E-state index contributed by atoms with van der Waals surface area (Å²) >= 11 is 0. The molecule has 0 aromatic rings. The van der Waals surface area contributed by atoms with Crippen molar-refractivity contribution >= 4 is 0 Å². The molecule has 1 aliphatic heterocycles. The molecular weight excluding hydrogens is 126 g/mol. The van der Waals surface area contributed by atoms with E-state index in [1.54, 1.807) is 0 Å². The quantitative estimate of drug-likeness (QED) is 0.562. The van der Waals surface area contributed by atoms with Crippen molar-refractivity contribution in [2.24, 2.45) is 0 Å². The van der Waals surface area contributed by atoms with E-state index in [0.29, 0.717) is 0 Å². The van der Waals surface area contributed by atoms with E-state index in [9.17, 15) is 8.78 Å². The number of halogens is 2. The van der Waals surface area contributed by atoms with E-state index >= 15 is 0 Å². The Bertz CT molecular complexity index is 83.0. The van der Waals surface area contributed by atoms with Crippen molar-refractivity contribution in [1.29, 1.82) is 0 Å². The van der Waals surface area contributed by atoms with E-state index in [1.165, 1.54) is 0 Å². The number of rotatable bonds is 3. The van der Waals surface area contributed by atoms with Crippen LogP contribution in [-0.4, -0.2) is 32.1 Å². The molecule has 1 aliphatic rings. The van der Waals surface area contributed by atoms with Gasteiger partial charge in [0.15, 0.2) is 0 Å². The van der Waals surface area contributed by atoms with E-state index in [0.717, 1.165) is 13.1 Å². The fourth-order valence-corrected chi connectivity index (χ4v) is 0.689. The van der Waals surface area contributed by atoms with Gasteiger partial charge in [-0.3, -0.25) is 0 Å². The minimum atomic E-state index is -2.22. The molecule has 9 heavy (non-hydrogen) atoms. The summed E-state index contributed by atoms with van der Waals surface area (Å²) in [4.78, 5) is 0. The predicted octanol–water partition coefficient (Wildman–Crippen LogP) is -0.187. The first-order valence-electron chi connectivity index (χ1n) is 3.01. The van der Waals surface area contributed by atoms with Gasteiger partial charge in [0.1, 0.15) is 0 Å². The number of nitrogens with one attached hydrogen (secondary N) is 2. The molecule has 2 N–H and O–H groups in total. The molecule has 0 bridgehead atoms. The zero-order valence-corrected chi connectivity index (χ0v) is 5.03. The highest BCUT2D eigenvalue weighted by Gasteiger charge is 2.16. The van der Waals surface area contributed by atoms with Crippen molar-refractivity contribution in [2.75, 3.05) is 19.6 Å². The Morgan fingerprint density at radius 2 is 2.22 bits per heavy atom. The molecule has 54 valence electrons. The maximum Gasteiger partial charge on any atom is 0.250 e. The third kappa shape index (κ3) is 2.24. The molecule has 2 nitrogen and oxygen atoms in total. The Labute approximate surface area is 52.6 Å². The minimum absolute atomic E-state index is 0.174. The van der Waals surface area contributed by atoms with Crippen LogP contribution < -0.4 is 10.6 Å². The van der Waals surface area contributed by atoms with Gasteiger partial charge < -0.3 is 10.6 Å². The van der Waals surface area contributed by atoms with Crippen LogP contribution in [-0.2, 0) is 0 Å². The third-order valence-electron chi connectivity index (χ3n) is 1.34. The number of alkyl halides is 2. The molecule has 1 rings (SSSR count). The summed E-state index contributed by atoms with van der Waals surface area (Å²) in [6, 6.07) is 0.277. The van der Waals surface area contributed by atoms with Gasteiger partial charge in [-0.1, -0.05) is 0 Å². The van der Waals surface area contributed by atoms with Crippen molar-refractivity contribution in [3.63, 3.8) is 0 Å². The molecule has 0 atom stereocenters. The maximum atomic E-state index is 11.5. The highest BCUT2D eigenvalue weighted by atomic mass is 19.3. The van der Waals surface area contributed by atoms with Gasteiger partial charge in [0.25, 0.3) is 6.43 Å². The van der Waals surface area contributed by atoms with Gasteiger partial charge >= 0.3 is 0 Å². The van der Waals surface area contributed by atoms with Crippen LogP contribution in [0.15, 0.2) is 0 Å². The van der Waals surface area contributed by atoms with Crippen molar-refractivity contribution in [3.05, 3.63) is 0 Å². The van der Waals surface area contributed by atoms with Gasteiger partial charge in [-0.25, -0.2) is 8.78 Å². The molecule has 4 heteroatoms. The lowest BCUT2D eigenvalue weighted by Gasteiger charge is -2.27. The van der Waals surface area contributed by atoms with Crippen molar-refractivity contribution in [3.8, 4) is 0 Å². The van der Waals surface area contributed by atoms with Crippen LogP contribution in [0.2, 0.25) is 0 Å². The summed E-state index contributed by atoms with van der Waals surface area (Å²) in [6.07, 6.45) is -2.22. The molecule has 0 aromatic heterocycles. The summed E-state index contributed by atoms with van der Waals surface area (Å²) in [5.41, 5.74) is 0. The molecule has 1 saturated heterocycles. The minimum Gasteiger partial charge on any atom is -0.314 e. The van der Waals surface area contributed by atoms with Crippen LogP contribution in [0.25, 0.3) is 0 Å². The highest BCUT2D eigenvalue weighted by Crippen LogP contribution is 1.93. The van der Waals surface area contributed by atoms with E-state index in [4.69, 9.17) is 0 Å². The molecular formula is C5H10F2N2. The first kappa shape index (κ1) is 6.89. The fourth-order valence-electron chi connectivity index (χ4n) is 0.689. The van der Waals surface area contributed by atoms with Gasteiger partial charge in [-0.15, -0.1) is 0 Å². The van der Waals surface area contributed by atoms with Crippen molar-refractivity contribution in [1.82, 2.24) is 10.6 Å². The Kier molecular flexibility index (Phi) is 2.36. The van der Waals surface area contributed by atoms with Crippen molar-refractivity contribution < 1.29 is 8.78 Å². The lowest BCUT2D eigenvalue weighted by molar-refractivity contribution is 0.136. The molecule has 0 spiro atoms. The second kappa shape index (κ2) is 3.08.